The number of nitrogens with one attached hydrogen (secondary N) is 1. The molecule has 0 spiro atoms. The largest absolute Gasteiger partial charge is 0.369 e. The van der Waals surface area contributed by atoms with Gasteiger partial charge in [-0.05, 0) is 31.2 Å². The maximum Gasteiger partial charge on any atom is 0.243 e. The zero-order valence-corrected chi connectivity index (χ0v) is 16.6. The predicted octanol–water partition coefficient (Wildman–Crippen LogP) is 2.21. The first-order valence-electron chi connectivity index (χ1n) is 9.64. The molecule has 2 aromatic carbocycles. The van der Waals surface area contributed by atoms with Crippen LogP contribution in [0.1, 0.15) is 5.56 Å². The minimum absolute atomic E-state index is 0.0350. The van der Waals surface area contributed by atoms with Crippen molar-refractivity contribution in [3.8, 4) is 0 Å². The number of rotatable bonds is 6. The number of carbonyl (C=O) groups excluding carboxylic acids is 2. The summed E-state index contributed by atoms with van der Waals surface area (Å²) in [5.41, 5.74) is 3.10. The highest BCUT2D eigenvalue weighted by Gasteiger charge is 2.21. The normalized spacial score (nSPS) is 14.6. The first-order valence-corrected chi connectivity index (χ1v) is 9.64. The zero-order chi connectivity index (χ0) is 19.9. The van der Waals surface area contributed by atoms with E-state index in [0.29, 0.717) is 6.54 Å². The molecule has 1 heterocycles. The number of amides is 2. The summed E-state index contributed by atoms with van der Waals surface area (Å²) in [6.45, 7) is 5.86. The summed E-state index contributed by atoms with van der Waals surface area (Å²) in [5, 5.41) is 2.83. The van der Waals surface area contributed by atoms with Crippen LogP contribution in [0.4, 0.5) is 11.4 Å². The minimum Gasteiger partial charge on any atom is -0.369 e. The van der Waals surface area contributed by atoms with Gasteiger partial charge >= 0.3 is 0 Å². The Bertz CT molecular complexity index is 784. The van der Waals surface area contributed by atoms with Gasteiger partial charge in [0, 0.05) is 44.6 Å². The molecule has 0 unspecified atom stereocenters. The Balaban J connectivity index is 1.42. The van der Waals surface area contributed by atoms with Crippen molar-refractivity contribution >= 4 is 23.2 Å². The third-order valence-corrected chi connectivity index (χ3v) is 4.99. The third-order valence-electron chi connectivity index (χ3n) is 4.99. The van der Waals surface area contributed by atoms with Crippen molar-refractivity contribution in [1.82, 2.24) is 9.80 Å². The molecule has 148 valence electrons. The van der Waals surface area contributed by atoms with E-state index in [0.717, 1.165) is 37.4 Å². The molecule has 0 aromatic heterocycles. The Morgan fingerprint density at radius 1 is 0.964 bits per heavy atom. The van der Waals surface area contributed by atoms with Crippen LogP contribution in [0.3, 0.4) is 0 Å². The number of aryl methyl sites for hydroxylation is 1. The van der Waals surface area contributed by atoms with Gasteiger partial charge in [-0.2, -0.15) is 0 Å². The van der Waals surface area contributed by atoms with E-state index in [1.165, 1.54) is 10.6 Å². The fourth-order valence-electron chi connectivity index (χ4n) is 3.26. The van der Waals surface area contributed by atoms with E-state index in [2.05, 4.69) is 27.2 Å². The SMILES string of the molecule is Cc1ccc(NC(=O)CN(C)C(=O)CN2CCN(c3ccccc3)CC2)cc1. The average molecular weight is 380 g/mol. The fourth-order valence-corrected chi connectivity index (χ4v) is 3.26. The van der Waals surface area contributed by atoms with Crippen LogP contribution < -0.4 is 10.2 Å². The van der Waals surface area contributed by atoms with E-state index in [1.54, 1.807) is 7.05 Å². The highest BCUT2D eigenvalue weighted by atomic mass is 16.2. The van der Waals surface area contributed by atoms with Crippen molar-refractivity contribution in [3.05, 3.63) is 60.2 Å². The van der Waals surface area contributed by atoms with E-state index in [-0.39, 0.29) is 18.4 Å². The van der Waals surface area contributed by atoms with Crippen LogP contribution in [0.5, 0.6) is 0 Å². The zero-order valence-electron chi connectivity index (χ0n) is 16.6. The molecular weight excluding hydrogens is 352 g/mol. The van der Waals surface area contributed by atoms with Gasteiger partial charge in [0.2, 0.25) is 11.8 Å². The summed E-state index contributed by atoms with van der Waals surface area (Å²) in [7, 11) is 1.68. The lowest BCUT2D eigenvalue weighted by Gasteiger charge is -2.36. The number of para-hydroxylation sites is 1. The fraction of sp³-hybridized carbons (Fsp3) is 0.364. The molecule has 28 heavy (non-hydrogen) atoms. The van der Waals surface area contributed by atoms with Gasteiger partial charge in [-0.15, -0.1) is 0 Å². The molecule has 0 bridgehead atoms. The maximum atomic E-state index is 12.5. The molecule has 1 aliphatic heterocycles. The molecule has 6 heteroatoms. The van der Waals surface area contributed by atoms with E-state index in [4.69, 9.17) is 0 Å². The molecule has 1 N–H and O–H groups in total. The van der Waals surface area contributed by atoms with E-state index in [1.807, 2.05) is 49.4 Å². The molecule has 6 nitrogen and oxygen atoms in total. The van der Waals surface area contributed by atoms with Crippen LogP contribution in [-0.2, 0) is 9.59 Å². The molecule has 0 saturated carbocycles. The van der Waals surface area contributed by atoms with Gasteiger partial charge in [-0.25, -0.2) is 0 Å². The van der Waals surface area contributed by atoms with E-state index >= 15 is 0 Å². The lowest BCUT2D eigenvalue weighted by Crippen LogP contribution is -2.50. The molecule has 0 atom stereocenters. The second-order valence-corrected chi connectivity index (χ2v) is 7.26. The van der Waals surface area contributed by atoms with Crippen LogP contribution in [0.25, 0.3) is 0 Å². The number of anilines is 2. The average Bonchev–Trinajstić information content (AvgIpc) is 2.71. The summed E-state index contributed by atoms with van der Waals surface area (Å²) >= 11 is 0. The Morgan fingerprint density at radius 3 is 2.25 bits per heavy atom. The lowest BCUT2D eigenvalue weighted by atomic mass is 10.2. The van der Waals surface area contributed by atoms with Crippen molar-refractivity contribution < 1.29 is 9.59 Å². The van der Waals surface area contributed by atoms with Crippen molar-refractivity contribution in [2.45, 2.75) is 6.92 Å². The number of benzene rings is 2. The van der Waals surface area contributed by atoms with Gasteiger partial charge < -0.3 is 15.1 Å². The summed E-state index contributed by atoms with van der Waals surface area (Å²) < 4.78 is 0. The number of carbonyl (C=O) groups is 2. The molecule has 1 saturated heterocycles. The Hall–Kier alpha value is -2.86. The molecular formula is C22H28N4O2. The van der Waals surface area contributed by atoms with Crippen LogP contribution in [0.2, 0.25) is 0 Å². The highest BCUT2D eigenvalue weighted by Crippen LogP contribution is 2.15. The number of likely N-dealkylation sites (N-methyl/N-ethyl adjacent to an activating group) is 1. The quantitative estimate of drug-likeness (QED) is 0.835. The molecule has 1 fully saturated rings. The summed E-state index contributed by atoms with van der Waals surface area (Å²) in [4.78, 5) is 30.6. The summed E-state index contributed by atoms with van der Waals surface area (Å²) in [6, 6.07) is 17.9. The van der Waals surface area contributed by atoms with Crippen molar-refractivity contribution in [2.75, 3.05) is 56.5 Å². The lowest BCUT2D eigenvalue weighted by molar-refractivity contribution is -0.134. The predicted molar refractivity (Wildman–Crippen MR) is 113 cm³/mol. The number of hydrogen-bond acceptors (Lipinski definition) is 4. The summed E-state index contributed by atoms with van der Waals surface area (Å²) in [5.74, 6) is -0.221. The Morgan fingerprint density at radius 2 is 1.61 bits per heavy atom. The van der Waals surface area contributed by atoms with Crippen LogP contribution >= 0.6 is 0 Å². The first-order chi connectivity index (χ1) is 13.5. The van der Waals surface area contributed by atoms with Crippen molar-refractivity contribution in [3.63, 3.8) is 0 Å². The van der Waals surface area contributed by atoms with Crippen LogP contribution in [-0.4, -0.2) is 67.9 Å². The Labute approximate surface area is 166 Å². The smallest absolute Gasteiger partial charge is 0.243 e. The van der Waals surface area contributed by atoms with E-state index in [9.17, 15) is 9.59 Å². The Kier molecular flexibility index (Phi) is 6.66. The molecule has 1 aliphatic rings. The van der Waals surface area contributed by atoms with Gasteiger partial charge in [0.1, 0.15) is 0 Å². The number of hydrogen-bond donors (Lipinski definition) is 1. The second kappa shape index (κ2) is 9.37. The van der Waals surface area contributed by atoms with Gasteiger partial charge in [-0.3, -0.25) is 14.5 Å². The third kappa shape index (κ3) is 5.57. The topological polar surface area (TPSA) is 55.9 Å². The minimum atomic E-state index is -0.186. The number of piperazine rings is 1. The maximum absolute atomic E-state index is 12.5. The standard InChI is InChI=1S/C22H28N4O2/c1-18-8-10-19(11-9-18)23-21(27)16-24(2)22(28)17-25-12-14-26(15-13-25)20-6-4-3-5-7-20/h3-11H,12-17H2,1-2H3,(H,23,27). The second-order valence-electron chi connectivity index (χ2n) is 7.26. The summed E-state index contributed by atoms with van der Waals surface area (Å²) in [6.07, 6.45) is 0. The first kappa shape index (κ1) is 19.9. The molecule has 2 aromatic rings. The molecule has 2 amide bonds. The van der Waals surface area contributed by atoms with Gasteiger partial charge in [-0.1, -0.05) is 35.9 Å². The molecule has 3 rings (SSSR count). The van der Waals surface area contributed by atoms with Crippen molar-refractivity contribution in [1.29, 1.82) is 0 Å². The monoisotopic (exact) mass is 380 g/mol. The van der Waals surface area contributed by atoms with Gasteiger partial charge in [0.05, 0.1) is 13.1 Å². The van der Waals surface area contributed by atoms with Crippen LogP contribution in [0, 0.1) is 6.92 Å². The molecule has 0 radical (unpaired) electrons. The number of nitrogens with zero attached hydrogens (tertiary/aromatic N) is 3. The van der Waals surface area contributed by atoms with Gasteiger partial charge in [0.15, 0.2) is 0 Å². The van der Waals surface area contributed by atoms with Crippen molar-refractivity contribution in [2.24, 2.45) is 0 Å². The highest BCUT2D eigenvalue weighted by molar-refractivity contribution is 5.94. The van der Waals surface area contributed by atoms with Crippen LogP contribution in [0.15, 0.2) is 54.6 Å². The molecule has 0 aliphatic carbocycles. The van der Waals surface area contributed by atoms with E-state index < -0.39 is 0 Å². The van der Waals surface area contributed by atoms with Gasteiger partial charge in [0.25, 0.3) is 0 Å².